The Morgan fingerprint density at radius 1 is 1.26 bits per heavy atom. The van der Waals surface area contributed by atoms with Gasteiger partial charge >= 0.3 is 6.61 Å². The Bertz CT molecular complexity index is 547. The lowest BCUT2D eigenvalue weighted by Gasteiger charge is -2.11. The highest BCUT2D eigenvalue weighted by Gasteiger charge is 2.22. The summed E-state index contributed by atoms with van der Waals surface area (Å²) in [5, 5.41) is 3.77. The van der Waals surface area contributed by atoms with Gasteiger partial charge in [-0.3, -0.25) is 0 Å². The predicted octanol–water partition coefficient (Wildman–Crippen LogP) is 2.53. The smallest absolute Gasteiger partial charge is 0.387 e. The summed E-state index contributed by atoms with van der Waals surface area (Å²) in [5.74, 6) is 0.713. The topological polar surface area (TPSA) is 74.2 Å². The Morgan fingerprint density at radius 2 is 1.89 bits per heavy atom. The molecule has 0 aliphatic heterocycles. The molecular formula is C12H13F2N3O2. The number of nitrogens with two attached hydrogens (primary N) is 1. The van der Waals surface area contributed by atoms with Crippen molar-refractivity contribution < 1.29 is 18.0 Å². The van der Waals surface area contributed by atoms with Gasteiger partial charge in [0.1, 0.15) is 5.75 Å². The minimum atomic E-state index is -2.85. The molecule has 5 nitrogen and oxygen atoms in total. The Morgan fingerprint density at radius 3 is 2.37 bits per heavy atom. The summed E-state index contributed by atoms with van der Waals surface area (Å²) in [6, 6.07) is 5.91. The van der Waals surface area contributed by atoms with Crippen LogP contribution in [-0.2, 0) is 5.54 Å². The normalized spacial score (nSPS) is 11.9. The number of ether oxygens (including phenoxy) is 1. The number of halogens is 2. The van der Waals surface area contributed by atoms with Crippen LogP contribution >= 0.6 is 0 Å². The molecule has 0 aliphatic carbocycles. The van der Waals surface area contributed by atoms with E-state index in [0.717, 1.165) is 0 Å². The maximum absolute atomic E-state index is 12.0. The molecule has 0 amide bonds. The summed E-state index contributed by atoms with van der Waals surface area (Å²) in [4.78, 5) is 4.15. The highest BCUT2D eigenvalue weighted by molar-refractivity contribution is 5.54. The molecule has 0 saturated heterocycles. The van der Waals surface area contributed by atoms with E-state index < -0.39 is 12.2 Å². The van der Waals surface area contributed by atoms with Crippen molar-refractivity contribution in [2.24, 2.45) is 5.73 Å². The lowest BCUT2D eigenvalue weighted by Crippen LogP contribution is -2.30. The van der Waals surface area contributed by atoms with Gasteiger partial charge in [-0.15, -0.1) is 0 Å². The maximum Gasteiger partial charge on any atom is 0.387 e. The van der Waals surface area contributed by atoms with E-state index in [1.165, 1.54) is 12.1 Å². The second-order valence-electron chi connectivity index (χ2n) is 4.55. The number of hydrogen-bond acceptors (Lipinski definition) is 5. The Balaban J connectivity index is 2.20. The van der Waals surface area contributed by atoms with Crippen LogP contribution in [0.4, 0.5) is 8.78 Å². The van der Waals surface area contributed by atoms with Crippen molar-refractivity contribution in [1.82, 2.24) is 10.1 Å². The van der Waals surface area contributed by atoms with Gasteiger partial charge in [-0.25, -0.2) is 0 Å². The number of alkyl halides is 2. The van der Waals surface area contributed by atoms with E-state index in [4.69, 9.17) is 10.3 Å². The molecule has 0 atom stereocenters. The number of aromatic nitrogens is 2. The molecule has 102 valence electrons. The van der Waals surface area contributed by atoms with E-state index in [9.17, 15) is 8.78 Å². The molecule has 0 spiro atoms. The standard InChI is InChI=1S/C12H13F2N3O2/c1-12(2,15)10-16-9(19-17-10)7-3-5-8(6-4-7)18-11(13)14/h3-6,11H,15H2,1-2H3. The molecule has 0 radical (unpaired) electrons. The Hall–Kier alpha value is -2.02. The monoisotopic (exact) mass is 269 g/mol. The average Bonchev–Trinajstić information content (AvgIpc) is 2.78. The zero-order valence-corrected chi connectivity index (χ0v) is 10.4. The van der Waals surface area contributed by atoms with Gasteiger partial charge in [0, 0.05) is 5.56 Å². The lowest BCUT2D eigenvalue weighted by atomic mass is 10.1. The van der Waals surface area contributed by atoms with Gasteiger partial charge in [0.05, 0.1) is 5.54 Å². The SMILES string of the molecule is CC(C)(N)c1noc(-c2ccc(OC(F)F)cc2)n1. The van der Waals surface area contributed by atoms with Gasteiger partial charge < -0.3 is 15.0 Å². The highest BCUT2D eigenvalue weighted by Crippen LogP contribution is 2.23. The van der Waals surface area contributed by atoms with Gasteiger partial charge in [-0.1, -0.05) is 5.16 Å². The fourth-order valence-electron chi connectivity index (χ4n) is 1.38. The first kappa shape index (κ1) is 13.4. The molecule has 2 N–H and O–H groups in total. The fourth-order valence-corrected chi connectivity index (χ4v) is 1.38. The van der Waals surface area contributed by atoms with E-state index in [1.54, 1.807) is 26.0 Å². The van der Waals surface area contributed by atoms with Gasteiger partial charge in [-0.05, 0) is 38.1 Å². The molecule has 0 saturated carbocycles. The van der Waals surface area contributed by atoms with E-state index in [2.05, 4.69) is 14.9 Å². The van der Waals surface area contributed by atoms with Crippen LogP contribution in [0.25, 0.3) is 11.5 Å². The molecule has 1 aromatic heterocycles. The summed E-state index contributed by atoms with van der Waals surface area (Å²) >= 11 is 0. The molecule has 1 aromatic carbocycles. The molecule has 2 rings (SSSR count). The van der Waals surface area contributed by atoms with Crippen LogP contribution in [-0.4, -0.2) is 16.8 Å². The largest absolute Gasteiger partial charge is 0.435 e. The fraction of sp³-hybridized carbons (Fsp3) is 0.333. The van der Waals surface area contributed by atoms with Crippen molar-refractivity contribution in [3.05, 3.63) is 30.1 Å². The first-order chi connectivity index (χ1) is 8.86. The summed E-state index contributed by atoms with van der Waals surface area (Å²) < 4.78 is 33.3. The second kappa shape index (κ2) is 4.93. The molecule has 1 heterocycles. The molecule has 0 aliphatic rings. The van der Waals surface area contributed by atoms with Crippen LogP contribution < -0.4 is 10.5 Å². The highest BCUT2D eigenvalue weighted by atomic mass is 19.3. The van der Waals surface area contributed by atoms with Gasteiger partial charge in [-0.2, -0.15) is 13.8 Å². The molecule has 7 heteroatoms. The molecule has 19 heavy (non-hydrogen) atoms. The Labute approximate surface area is 108 Å². The minimum Gasteiger partial charge on any atom is -0.435 e. The van der Waals surface area contributed by atoms with Crippen LogP contribution in [0, 0.1) is 0 Å². The third kappa shape index (κ3) is 3.25. The molecular weight excluding hydrogens is 256 g/mol. The second-order valence-corrected chi connectivity index (χ2v) is 4.55. The minimum absolute atomic E-state index is 0.0673. The zero-order valence-electron chi connectivity index (χ0n) is 10.4. The average molecular weight is 269 g/mol. The van der Waals surface area contributed by atoms with Crippen molar-refractivity contribution >= 4 is 0 Å². The number of hydrogen-bond donors (Lipinski definition) is 1. The Kier molecular flexibility index (Phi) is 3.48. The van der Waals surface area contributed by atoms with E-state index in [1.807, 2.05) is 0 Å². The lowest BCUT2D eigenvalue weighted by molar-refractivity contribution is -0.0498. The first-order valence-electron chi connectivity index (χ1n) is 5.54. The van der Waals surface area contributed by atoms with Gasteiger partial charge in [0.2, 0.25) is 0 Å². The van der Waals surface area contributed by atoms with E-state index in [0.29, 0.717) is 11.4 Å². The quantitative estimate of drug-likeness (QED) is 0.923. The van der Waals surface area contributed by atoms with E-state index in [-0.39, 0.29) is 11.6 Å². The summed E-state index contributed by atoms with van der Waals surface area (Å²) in [7, 11) is 0. The van der Waals surface area contributed by atoms with Crippen molar-refractivity contribution in [3.63, 3.8) is 0 Å². The first-order valence-corrected chi connectivity index (χ1v) is 5.54. The van der Waals surface area contributed by atoms with Crippen molar-refractivity contribution in [2.45, 2.75) is 26.0 Å². The van der Waals surface area contributed by atoms with Crippen molar-refractivity contribution in [1.29, 1.82) is 0 Å². The summed E-state index contributed by atoms with van der Waals surface area (Å²) in [6.45, 7) is 0.654. The van der Waals surface area contributed by atoms with Gasteiger partial charge in [0.15, 0.2) is 5.82 Å². The van der Waals surface area contributed by atoms with Crippen molar-refractivity contribution in [2.75, 3.05) is 0 Å². The van der Waals surface area contributed by atoms with Crippen molar-refractivity contribution in [3.8, 4) is 17.2 Å². The zero-order chi connectivity index (χ0) is 14.0. The summed E-state index contributed by atoms with van der Waals surface area (Å²) in [6.07, 6.45) is 0. The third-order valence-electron chi connectivity index (χ3n) is 2.33. The van der Waals surface area contributed by atoms with Crippen LogP contribution in [0.2, 0.25) is 0 Å². The number of rotatable bonds is 4. The maximum atomic E-state index is 12.0. The molecule has 0 bridgehead atoms. The number of benzene rings is 1. The predicted molar refractivity (Wildman–Crippen MR) is 63.6 cm³/mol. The molecule has 2 aromatic rings. The van der Waals surface area contributed by atoms with Gasteiger partial charge in [0.25, 0.3) is 5.89 Å². The van der Waals surface area contributed by atoms with E-state index >= 15 is 0 Å². The number of nitrogens with zero attached hydrogens (tertiary/aromatic N) is 2. The van der Waals surface area contributed by atoms with Crippen LogP contribution in [0.3, 0.4) is 0 Å². The molecule has 0 unspecified atom stereocenters. The van der Waals surface area contributed by atoms with Crippen LogP contribution in [0.5, 0.6) is 5.75 Å². The van der Waals surface area contributed by atoms with Crippen LogP contribution in [0.1, 0.15) is 19.7 Å². The third-order valence-corrected chi connectivity index (χ3v) is 2.33. The van der Waals surface area contributed by atoms with Crippen LogP contribution in [0.15, 0.2) is 28.8 Å². The molecule has 0 fully saturated rings. The summed E-state index contributed by atoms with van der Waals surface area (Å²) in [5.41, 5.74) is 5.73.